The monoisotopic (exact) mass is 362 g/mol. The largest absolute Gasteiger partial charge is 0.455 e. The second-order valence-electron chi connectivity index (χ2n) is 5.14. The molecule has 0 bridgehead atoms. The number of anilines is 1. The van der Waals surface area contributed by atoms with Crippen molar-refractivity contribution in [3.8, 4) is 0 Å². The molecule has 0 radical (unpaired) electrons. The smallest absolute Gasteiger partial charge is 0.312 e. The van der Waals surface area contributed by atoms with Crippen LogP contribution in [0.5, 0.6) is 0 Å². The number of benzene rings is 2. The highest BCUT2D eigenvalue weighted by atomic mass is 35.5. The van der Waals surface area contributed by atoms with Gasteiger partial charge >= 0.3 is 5.97 Å². The molecule has 0 aliphatic heterocycles. The molecule has 0 aliphatic rings. The van der Waals surface area contributed by atoms with Crippen molar-refractivity contribution in [1.29, 1.82) is 0 Å². The SMILES string of the molecule is O=C(COC(=O)Cc1noc2ccccc12)Nc1ccc(Cl)cc1F. The lowest BCUT2D eigenvalue weighted by molar-refractivity contribution is -0.146. The molecule has 1 N–H and O–H groups in total. The van der Waals surface area contributed by atoms with Gasteiger partial charge in [-0.2, -0.15) is 0 Å². The lowest BCUT2D eigenvalue weighted by Gasteiger charge is -2.07. The Labute approximate surface area is 146 Å². The molecule has 25 heavy (non-hydrogen) atoms. The highest BCUT2D eigenvalue weighted by molar-refractivity contribution is 6.30. The van der Waals surface area contributed by atoms with E-state index in [9.17, 15) is 14.0 Å². The lowest BCUT2D eigenvalue weighted by Crippen LogP contribution is -2.22. The molecule has 128 valence electrons. The number of hydrogen-bond acceptors (Lipinski definition) is 5. The molecule has 0 fully saturated rings. The number of para-hydroxylation sites is 1. The molecule has 0 aliphatic carbocycles. The van der Waals surface area contributed by atoms with Gasteiger partial charge in [0.05, 0.1) is 12.1 Å². The second kappa shape index (κ2) is 7.31. The Hall–Kier alpha value is -2.93. The Bertz CT molecular complexity index is 941. The zero-order chi connectivity index (χ0) is 17.8. The van der Waals surface area contributed by atoms with E-state index in [2.05, 4.69) is 10.5 Å². The first-order chi connectivity index (χ1) is 12.0. The zero-order valence-electron chi connectivity index (χ0n) is 12.8. The summed E-state index contributed by atoms with van der Waals surface area (Å²) in [5.41, 5.74) is 0.930. The third kappa shape index (κ3) is 4.13. The minimum absolute atomic E-state index is 0.0482. The third-order valence-electron chi connectivity index (χ3n) is 3.33. The van der Waals surface area contributed by atoms with Crippen molar-refractivity contribution in [2.75, 3.05) is 11.9 Å². The number of ether oxygens (including phenoxy) is 1. The van der Waals surface area contributed by atoms with E-state index in [0.717, 1.165) is 6.07 Å². The van der Waals surface area contributed by atoms with Crippen LogP contribution in [0.15, 0.2) is 47.0 Å². The van der Waals surface area contributed by atoms with Crippen molar-refractivity contribution in [2.45, 2.75) is 6.42 Å². The van der Waals surface area contributed by atoms with E-state index in [-0.39, 0.29) is 17.1 Å². The first-order valence-electron chi connectivity index (χ1n) is 7.27. The van der Waals surface area contributed by atoms with E-state index >= 15 is 0 Å². The van der Waals surface area contributed by atoms with E-state index in [1.807, 2.05) is 0 Å². The second-order valence-corrected chi connectivity index (χ2v) is 5.57. The molecule has 0 saturated heterocycles. The van der Waals surface area contributed by atoms with E-state index in [4.69, 9.17) is 20.9 Å². The number of amides is 1. The van der Waals surface area contributed by atoms with Gasteiger partial charge in [-0.25, -0.2) is 4.39 Å². The summed E-state index contributed by atoms with van der Waals surface area (Å²) >= 11 is 5.63. The van der Waals surface area contributed by atoms with Gasteiger partial charge < -0.3 is 14.6 Å². The Kier molecular flexibility index (Phi) is 4.95. The predicted molar refractivity (Wildman–Crippen MR) is 88.7 cm³/mol. The molecule has 3 rings (SSSR count). The molecule has 1 aromatic heterocycles. The Balaban J connectivity index is 1.54. The highest BCUT2D eigenvalue weighted by Crippen LogP contribution is 2.19. The van der Waals surface area contributed by atoms with Crippen LogP contribution in [0.4, 0.5) is 10.1 Å². The molecule has 1 amide bonds. The molecule has 6 nitrogen and oxygen atoms in total. The first kappa shape index (κ1) is 16.9. The fourth-order valence-electron chi connectivity index (χ4n) is 2.18. The van der Waals surface area contributed by atoms with Crippen molar-refractivity contribution < 1.29 is 23.2 Å². The number of nitrogens with zero attached hydrogens (tertiary/aromatic N) is 1. The Morgan fingerprint density at radius 1 is 1.24 bits per heavy atom. The van der Waals surface area contributed by atoms with Crippen LogP contribution in [0.2, 0.25) is 5.02 Å². The van der Waals surface area contributed by atoms with Crippen molar-refractivity contribution in [3.05, 3.63) is 59.0 Å². The van der Waals surface area contributed by atoms with Gasteiger partial charge in [0.25, 0.3) is 5.91 Å². The number of halogens is 2. The summed E-state index contributed by atoms with van der Waals surface area (Å²) < 4.78 is 23.6. The standard InChI is InChI=1S/C17H12ClFN2O4/c18-10-5-6-13(12(19)7-10)20-16(22)9-24-17(23)8-14-11-3-1-2-4-15(11)25-21-14/h1-7H,8-9H2,(H,20,22). The van der Waals surface area contributed by atoms with Gasteiger partial charge in [-0.1, -0.05) is 28.9 Å². The van der Waals surface area contributed by atoms with Gasteiger partial charge in [-0.3, -0.25) is 9.59 Å². The first-order valence-corrected chi connectivity index (χ1v) is 7.64. The number of carbonyl (C=O) groups is 2. The number of hydrogen-bond donors (Lipinski definition) is 1. The normalized spacial score (nSPS) is 10.6. The fraction of sp³-hybridized carbons (Fsp3) is 0.118. The molecule has 0 spiro atoms. The topological polar surface area (TPSA) is 81.4 Å². The van der Waals surface area contributed by atoms with E-state index in [0.29, 0.717) is 16.7 Å². The average molecular weight is 363 g/mol. The minimum Gasteiger partial charge on any atom is -0.455 e. The molecule has 2 aromatic carbocycles. The highest BCUT2D eigenvalue weighted by Gasteiger charge is 2.15. The number of esters is 1. The van der Waals surface area contributed by atoms with E-state index in [1.54, 1.807) is 24.3 Å². The van der Waals surface area contributed by atoms with Crippen molar-refractivity contribution in [3.63, 3.8) is 0 Å². The zero-order valence-corrected chi connectivity index (χ0v) is 13.5. The van der Waals surface area contributed by atoms with Gasteiger partial charge in [0.2, 0.25) is 0 Å². The summed E-state index contributed by atoms with van der Waals surface area (Å²) in [5.74, 6) is -1.99. The maximum atomic E-state index is 13.6. The minimum atomic E-state index is -0.679. The number of fused-ring (bicyclic) bond motifs is 1. The maximum Gasteiger partial charge on any atom is 0.312 e. The van der Waals surface area contributed by atoms with Gasteiger partial charge in [0.1, 0.15) is 11.5 Å². The number of rotatable bonds is 5. The summed E-state index contributed by atoms with van der Waals surface area (Å²) in [7, 11) is 0. The van der Waals surface area contributed by atoms with Crippen LogP contribution in [0, 0.1) is 5.82 Å². The summed E-state index contributed by atoms with van der Waals surface area (Å²) in [6.45, 7) is -0.545. The van der Waals surface area contributed by atoms with Gasteiger partial charge in [-0.15, -0.1) is 0 Å². The van der Waals surface area contributed by atoms with Crippen LogP contribution in [0.25, 0.3) is 11.0 Å². The van der Waals surface area contributed by atoms with Gasteiger partial charge in [0.15, 0.2) is 12.2 Å². The number of nitrogens with one attached hydrogen (secondary N) is 1. The molecule has 0 unspecified atom stereocenters. The maximum absolute atomic E-state index is 13.6. The number of carbonyl (C=O) groups excluding carboxylic acids is 2. The molecule has 3 aromatic rings. The van der Waals surface area contributed by atoms with Crippen LogP contribution < -0.4 is 5.32 Å². The number of aromatic nitrogens is 1. The molecule has 1 heterocycles. The predicted octanol–water partition coefficient (Wildman–Crippen LogP) is 3.34. The van der Waals surface area contributed by atoms with Crippen LogP contribution in [-0.2, 0) is 20.7 Å². The van der Waals surface area contributed by atoms with Crippen molar-refractivity contribution >= 4 is 40.1 Å². The summed E-state index contributed by atoms with van der Waals surface area (Å²) in [6, 6.07) is 10.9. The van der Waals surface area contributed by atoms with Gasteiger partial charge in [0, 0.05) is 10.4 Å². The van der Waals surface area contributed by atoms with Crippen LogP contribution in [-0.4, -0.2) is 23.6 Å². The molecular weight excluding hydrogens is 351 g/mol. The molecule has 0 atom stereocenters. The quantitative estimate of drug-likeness (QED) is 0.704. The summed E-state index contributed by atoms with van der Waals surface area (Å²) in [5, 5.41) is 7.02. The van der Waals surface area contributed by atoms with Crippen LogP contribution >= 0.6 is 11.6 Å². The van der Waals surface area contributed by atoms with Crippen molar-refractivity contribution in [2.24, 2.45) is 0 Å². The fourth-order valence-corrected chi connectivity index (χ4v) is 2.34. The molecule has 8 heteroatoms. The average Bonchev–Trinajstić information content (AvgIpc) is 2.99. The van der Waals surface area contributed by atoms with E-state index < -0.39 is 24.3 Å². The lowest BCUT2D eigenvalue weighted by atomic mass is 10.2. The van der Waals surface area contributed by atoms with Gasteiger partial charge in [-0.05, 0) is 30.3 Å². The van der Waals surface area contributed by atoms with Crippen LogP contribution in [0.3, 0.4) is 0 Å². The summed E-state index contributed by atoms with van der Waals surface area (Å²) in [4.78, 5) is 23.6. The van der Waals surface area contributed by atoms with E-state index in [1.165, 1.54) is 12.1 Å². The third-order valence-corrected chi connectivity index (χ3v) is 3.57. The summed E-state index contributed by atoms with van der Waals surface area (Å²) in [6.07, 6.45) is -0.139. The molecule has 0 saturated carbocycles. The Morgan fingerprint density at radius 3 is 2.84 bits per heavy atom. The Morgan fingerprint density at radius 2 is 2.04 bits per heavy atom. The van der Waals surface area contributed by atoms with Crippen molar-refractivity contribution in [1.82, 2.24) is 5.16 Å². The molecular formula is C17H12ClFN2O4. The van der Waals surface area contributed by atoms with Crippen LogP contribution in [0.1, 0.15) is 5.69 Å².